The first-order chi connectivity index (χ1) is 17.2. The standard InChI is InChI=1S/C31H37NO3Si/c1-23-21-31(5)32(29(23)33)27(28(35-31)24-15-9-6-10-16-24)22-34-36(30(2,3)4,25-17-11-7-12-18-25)26-19-13-8-14-20-26/h6-20,23,27-28H,21-22H2,1-5H3/t23?,27-,28-,31+/m0/s1. The Morgan fingerprint density at radius 2 is 1.42 bits per heavy atom. The third-order valence-electron chi connectivity index (χ3n) is 7.93. The Labute approximate surface area is 216 Å². The number of hydrogen-bond acceptors (Lipinski definition) is 3. The number of ether oxygens (including phenoxy) is 1. The van der Waals surface area contributed by atoms with Crippen molar-refractivity contribution in [1.82, 2.24) is 4.90 Å². The van der Waals surface area contributed by atoms with Crippen LogP contribution in [0.15, 0.2) is 91.0 Å². The Morgan fingerprint density at radius 1 is 0.917 bits per heavy atom. The molecule has 0 saturated carbocycles. The van der Waals surface area contributed by atoms with E-state index in [4.69, 9.17) is 9.16 Å². The molecule has 0 N–H and O–H groups in total. The highest BCUT2D eigenvalue weighted by atomic mass is 28.4. The molecule has 188 valence electrons. The van der Waals surface area contributed by atoms with E-state index in [1.54, 1.807) is 0 Å². The van der Waals surface area contributed by atoms with E-state index in [0.29, 0.717) is 13.0 Å². The molecule has 4 nitrogen and oxygen atoms in total. The molecule has 2 heterocycles. The molecule has 0 bridgehead atoms. The third-order valence-corrected chi connectivity index (χ3v) is 12.9. The lowest BCUT2D eigenvalue weighted by atomic mass is 10.0. The minimum absolute atomic E-state index is 0.0536. The van der Waals surface area contributed by atoms with E-state index in [1.165, 1.54) is 10.4 Å². The smallest absolute Gasteiger partial charge is 0.261 e. The Kier molecular flexibility index (Phi) is 6.44. The number of benzene rings is 3. The van der Waals surface area contributed by atoms with Crippen LogP contribution in [0.2, 0.25) is 5.04 Å². The molecular formula is C31H37NO3Si. The number of rotatable bonds is 6. The van der Waals surface area contributed by atoms with Crippen molar-refractivity contribution in [3.05, 3.63) is 96.6 Å². The van der Waals surface area contributed by atoms with Crippen LogP contribution in [-0.4, -0.2) is 37.5 Å². The topological polar surface area (TPSA) is 38.8 Å². The molecule has 3 aromatic carbocycles. The van der Waals surface area contributed by atoms with Crippen molar-refractivity contribution in [3.8, 4) is 0 Å². The molecular weight excluding hydrogens is 462 g/mol. The average Bonchev–Trinajstić information content (AvgIpc) is 3.28. The van der Waals surface area contributed by atoms with Gasteiger partial charge in [-0.3, -0.25) is 4.79 Å². The minimum Gasteiger partial charge on any atom is -0.405 e. The SMILES string of the molecule is CC1C[C@@]2(C)O[C@@H](c3ccccc3)[C@H](CO[Si](c3ccccc3)(c3ccccc3)C(C)(C)C)N2C1=O. The highest BCUT2D eigenvalue weighted by Crippen LogP contribution is 2.49. The second kappa shape index (κ2) is 9.29. The molecule has 0 spiro atoms. The summed E-state index contributed by atoms with van der Waals surface area (Å²) in [5.74, 6) is 0.106. The van der Waals surface area contributed by atoms with Gasteiger partial charge >= 0.3 is 0 Å². The van der Waals surface area contributed by atoms with Crippen LogP contribution in [0.3, 0.4) is 0 Å². The first-order valence-corrected chi connectivity index (χ1v) is 14.9. The fraction of sp³-hybridized carbons (Fsp3) is 0.387. The Balaban J connectivity index is 1.60. The summed E-state index contributed by atoms with van der Waals surface area (Å²) in [6, 6.07) is 31.4. The summed E-state index contributed by atoms with van der Waals surface area (Å²) in [5.41, 5.74) is 0.473. The van der Waals surface area contributed by atoms with Crippen LogP contribution in [0.1, 0.15) is 52.7 Å². The normalized spacial score (nSPS) is 26.3. The lowest BCUT2D eigenvalue weighted by Crippen LogP contribution is -2.67. The van der Waals surface area contributed by atoms with Crippen LogP contribution < -0.4 is 10.4 Å². The average molecular weight is 500 g/mol. The van der Waals surface area contributed by atoms with E-state index >= 15 is 0 Å². The fourth-order valence-electron chi connectivity index (χ4n) is 6.40. The van der Waals surface area contributed by atoms with Crippen LogP contribution in [0.5, 0.6) is 0 Å². The monoisotopic (exact) mass is 499 g/mol. The van der Waals surface area contributed by atoms with Crippen LogP contribution in [0, 0.1) is 5.92 Å². The van der Waals surface area contributed by atoms with Gasteiger partial charge in [0.2, 0.25) is 5.91 Å². The molecule has 1 amide bonds. The number of nitrogens with zero attached hydrogens (tertiary/aromatic N) is 1. The Bertz CT molecular complexity index is 1160. The second-order valence-corrected chi connectivity index (χ2v) is 15.8. The number of carbonyl (C=O) groups is 1. The molecule has 4 atom stereocenters. The molecule has 2 aliphatic heterocycles. The van der Waals surface area contributed by atoms with Crippen molar-refractivity contribution < 1.29 is 14.0 Å². The first-order valence-electron chi connectivity index (χ1n) is 13.0. The molecule has 36 heavy (non-hydrogen) atoms. The summed E-state index contributed by atoms with van der Waals surface area (Å²) in [6.07, 6.45) is 0.469. The fourth-order valence-corrected chi connectivity index (χ4v) is 11.0. The predicted octanol–water partition coefficient (Wildman–Crippen LogP) is 5.29. The van der Waals surface area contributed by atoms with Crippen LogP contribution in [0.25, 0.3) is 0 Å². The molecule has 0 aromatic heterocycles. The zero-order valence-corrected chi connectivity index (χ0v) is 23.0. The first kappa shape index (κ1) is 24.9. The van der Waals surface area contributed by atoms with Crippen molar-refractivity contribution in [2.75, 3.05) is 6.61 Å². The van der Waals surface area contributed by atoms with Gasteiger partial charge in [-0.25, -0.2) is 0 Å². The van der Waals surface area contributed by atoms with Gasteiger partial charge in [-0.1, -0.05) is 119 Å². The molecule has 2 saturated heterocycles. The van der Waals surface area contributed by atoms with Gasteiger partial charge in [-0.05, 0) is 27.9 Å². The largest absolute Gasteiger partial charge is 0.405 e. The highest BCUT2D eigenvalue weighted by Gasteiger charge is 2.60. The van der Waals surface area contributed by atoms with Crippen molar-refractivity contribution in [2.24, 2.45) is 5.92 Å². The summed E-state index contributed by atoms with van der Waals surface area (Å²) >= 11 is 0. The quantitative estimate of drug-likeness (QED) is 0.433. The van der Waals surface area contributed by atoms with Gasteiger partial charge in [0.25, 0.3) is 8.32 Å². The summed E-state index contributed by atoms with van der Waals surface area (Å²) in [7, 11) is -2.75. The van der Waals surface area contributed by atoms with Crippen LogP contribution in [-0.2, 0) is 14.0 Å². The van der Waals surface area contributed by atoms with Crippen molar-refractivity contribution in [1.29, 1.82) is 0 Å². The van der Waals surface area contributed by atoms with E-state index in [9.17, 15) is 4.79 Å². The number of hydrogen-bond donors (Lipinski definition) is 0. The van der Waals surface area contributed by atoms with Gasteiger partial charge in [-0.2, -0.15) is 0 Å². The van der Waals surface area contributed by atoms with Gasteiger partial charge in [0.05, 0.1) is 12.6 Å². The summed E-state index contributed by atoms with van der Waals surface area (Å²) in [4.78, 5) is 15.4. The van der Waals surface area contributed by atoms with Gasteiger partial charge in [0.15, 0.2) is 0 Å². The Morgan fingerprint density at radius 3 is 1.92 bits per heavy atom. The van der Waals surface area contributed by atoms with E-state index in [-0.39, 0.29) is 29.0 Å². The van der Waals surface area contributed by atoms with Gasteiger partial charge in [0.1, 0.15) is 11.8 Å². The molecule has 2 fully saturated rings. The number of fused-ring (bicyclic) bond motifs is 1. The summed E-state index contributed by atoms with van der Waals surface area (Å²) in [5, 5.41) is 2.34. The third kappa shape index (κ3) is 4.03. The predicted molar refractivity (Wildman–Crippen MR) is 147 cm³/mol. The van der Waals surface area contributed by atoms with Gasteiger partial charge < -0.3 is 14.1 Å². The van der Waals surface area contributed by atoms with E-state index in [1.807, 2.05) is 30.0 Å². The van der Waals surface area contributed by atoms with Gasteiger partial charge in [0, 0.05) is 12.3 Å². The maximum absolute atomic E-state index is 13.4. The Hall–Kier alpha value is -2.73. The number of carbonyl (C=O) groups excluding carboxylic acids is 1. The summed E-state index contributed by atoms with van der Waals surface area (Å²) in [6.45, 7) is 11.3. The van der Waals surface area contributed by atoms with Crippen molar-refractivity contribution in [3.63, 3.8) is 0 Å². The molecule has 1 unspecified atom stereocenters. The maximum atomic E-state index is 13.4. The zero-order valence-electron chi connectivity index (χ0n) is 22.0. The zero-order chi connectivity index (χ0) is 25.6. The molecule has 3 aromatic rings. The molecule has 0 aliphatic carbocycles. The second-order valence-electron chi connectivity index (χ2n) is 11.5. The molecule has 5 heteroatoms. The highest BCUT2D eigenvalue weighted by molar-refractivity contribution is 6.99. The molecule has 0 radical (unpaired) electrons. The molecule has 2 aliphatic rings. The minimum atomic E-state index is -2.75. The van der Waals surface area contributed by atoms with Crippen LogP contribution in [0.4, 0.5) is 0 Å². The van der Waals surface area contributed by atoms with E-state index < -0.39 is 14.0 Å². The van der Waals surface area contributed by atoms with E-state index in [0.717, 1.165) is 5.56 Å². The van der Waals surface area contributed by atoms with Crippen LogP contribution >= 0.6 is 0 Å². The van der Waals surface area contributed by atoms with Crippen molar-refractivity contribution in [2.45, 2.75) is 63.9 Å². The van der Waals surface area contributed by atoms with E-state index in [2.05, 4.69) is 100 Å². The lowest BCUT2D eigenvalue weighted by molar-refractivity contribution is -0.139. The lowest BCUT2D eigenvalue weighted by Gasteiger charge is -2.44. The summed E-state index contributed by atoms with van der Waals surface area (Å²) < 4.78 is 14.0. The maximum Gasteiger partial charge on any atom is 0.261 e. The van der Waals surface area contributed by atoms with Crippen molar-refractivity contribution >= 4 is 24.6 Å². The molecule has 5 rings (SSSR count). The van der Waals surface area contributed by atoms with Gasteiger partial charge in [-0.15, -0.1) is 0 Å². The number of amides is 1.